The van der Waals surface area contributed by atoms with Crippen LogP contribution in [0.25, 0.3) is 0 Å². The molecular formula is C7ClF13O4. The Kier molecular flexibility index (Phi) is 6.30. The van der Waals surface area contributed by atoms with E-state index in [-0.39, 0.29) is 0 Å². The first-order chi connectivity index (χ1) is 10.6. The summed E-state index contributed by atoms with van der Waals surface area (Å²) < 4.78 is 165. The van der Waals surface area contributed by atoms with Crippen LogP contribution in [0.1, 0.15) is 0 Å². The monoisotopic (exact) mass is 430 g/mol. The molecule has 0 saturated heterocycles. The highest BCUT2D eigenvalue weighted by molar-refractivity contribution is 6.64. The van der Waals surface area contributed by atoms with Gasteiger partial charge in [-0.05, 0) is 11.6 Å². The topological polar surface area (TPSA) is 44.8 Å². The standard InChI is InChI=1S/C7ClF13O4/c8-1(22)2(9,10)23-3(11,12)4(13,14)24-5(15,16)6(17,18)25-7(19,20)21. The molecule has 0 fully saturated rings. The SMILES string of the molecule is O=C(Cl)C(F)(F)OC(F)(F)C(F)(F)OC(F)(F)C(F)(F)OC(F)(F)F. The van der Waals surface area contributed by atoms with E-state index < -0.39 is 42.1 Å². The Morgan fingerprint density at radius 1 is 0.560 bits per heavy atom. The van der Waals surface area contributed by atoms with Gasteiger partial charge in [-0.3, -0.25) is 4.79 Å². The van der Waals surface area contributed by atoms with E-state index in [9.17, 15) is 61.9 Å². The maximum atomic E-state index is 12.7. The van der Waals surface area contributed by atoms with Gasteiger partial charge in [0.05, 0.1) is 0 Å². The van der Waals surface area contributed by atoms with Crippen molar-refractivity contribution >= 4 is 16.8 Å². The molecule has 0 aliphatic rings. The third-order valence-corrected chi connectivity index (χ3v) is 1.88. The van der Waals surface area contributed by atoms with Crippen LogP contribution in [0.5, 0.6) is 0 Å². The van der Waals surface area contributed by atoms with Crippen molar-refractivity contribution in [2.24, 2.45) is 0 Å². The first-order valence-electron chi connectivity index (χ1n) is 4.82. The highest BCUT2D eigenvalue weighted by atomic mass is 35.5. The van der Waals surface area contributed by atoms with Gasteiger partial charge in [0, 0.05) is 0 Å². The van der Waals surface area contributed by atoms with Crippen LogP contribution in [-0.2, 0) is 19.0 Å². The van der Waals surface area contributed by atoms with Crippen molar-refractivity contribution in [3.05, 3.63) is 0 Å². The van der Waals surface area contributed by atoms with Gasteiger partial charge in [-0.2, -0.15) is 43.9 Å². The summed E-state index contributed by atoms with van der Waals surface area (Å²) in [6, 6.07) is 0. The minimum atomic E-state index is -7.14. The second kappa shape index (κ2) is 6.58. The molecule has 150 valence electrons. The number of rotatable bonds is 8. The second-order valence-corrected chi connectivity index (χ2v) is 3.95. The molecule has 0 aromatic rings. The largest absolute Gasteiger partial charge is 0.527 e. The van der Waals surface area contributed by atoms with Crippen LogP contribution in [0.15, 0.2) is 0 Å². The zero-order chi connectivity index (χ0) is 20.7. The third-order valence-electron chi connectivity index (χ3n) is 1.66. The van der Waals surface area contributed by atoms with Crippen molar-refractivity contribution in [3.63, 3.8) is 0 Å². The highest BCUT2D eigenvalue weighted by Gasteiger charge is 2.74. The summed E-state index contributed by atoms with van der Waals surface area (Å²) in [7, 11) is 0. The number of carbonyl (C=O) groups excluding carboxylic acids is 1. The molecular weight excluding hydrogens is 430 g/mol. The van der Waals surface area contributed by atoms with Gasteiger partial charge in [0.15, 0.2) is 0 Å². The molecule has 0 aromatic heterocycles. The Labute approximate surface area is 131 Å². The summed E-state index contributed by atoms with van der Waals surface area (Å²) in [5.74, 6) is 0. The van der Waals surface area contributed by atoms with Gasteiger partial charge in [-0.25, -0.2) is 14.2 Å². The van der Waals surface area contributed by atoms with E-state index in [2.05, 4.69) is 11.6 Å². The van der Waals surface area contributed by atoms with Crippen LogP contribution < -0.4 is 0 Å². The van der Waals surface area contributed by atoms with Crippen molar-refractivity contribution in [1.29, 1.82) is 0 Å². The van der Waals surface area contributed by atoms with Crippen molar-refractivity contribution in [3.8, 4) is 0 Å². The van der Waals surface area contributed by atoms with Crippen LogP contribution in [-0.4, -0.2) is 42.1 Å². The van der Waals surface area contributed by atoms with E-state index in [0.29, 0.717) is 0 Å². The van der Waals surface area contributed by atoms with Crippen molar-refractivity contribution in [1.82, 2.24) is 0 Å². The lowest BCUT2D eigenvalue weighted by molar-refractivity contribution is -0.561. The van der Waals surface area contributed by atoms with Gasteiger partial charge in [-0.1, -0.05) is 0 Å². The van der Waals surface area contributed by atoms with Gasteiger partial charge < -0.3 is 0 Å². The second-order valence-electron chi connectivity index (χ2n) is 3.61. The molecule has 25 heavy (non-hydrogen) atoms. The summed E-state index contributed by atoms with van der Waals surface area (Å²) >= 11 is 3.96. The Bertz CT molecular complexity index is 501. The fourth-order valence-electron chi connectivity index (χ4n) is 0.745. The predicted molar refractivity (Wildman–Crippen MR) is 44.9 cm³/mol. The van der Waals surface area contributed by atoms with Crippen molar-refractivity contribution in [2.75, 3.05) is 0 Å². The molecule has 0 saturated carbocycles. The molecule has 0 aromatic carbocycles. The van der Waals surface area contributed by atoms with Crippen LogP contribution in [0, 0.1) is 0 Å². The van der Waals surface area contributed by atoms with E-state index in [1.165, 1.54) is 9.47 Å². The van der Waals surface area contributed by atoms with Gasteiger partial charge in [0.1, 0.15) is 0 Å². The van der Waals surface area contributed by atoms with E-state index in [0.717, 1.165) is 0 Å². The quantitative estimate of drug-likeness (QED) is 0.426. The molecule has 0 heterocycles. The predicted octanol–water partition coefficient (Wildman–Crippen LogP) is 4.29. The maximum Gasteiger partial charge on any atom is 0.527 e. The Balaban J connectivity index is 5.55. The molecule has 0 aliphatic carbocycles. The van der Waals surface area contributed by atoms with E-state index >= 15 is 0 Å². The Hall–Kier alpha value is -1.07. The third kappa shape index (κ3) is 6.00. The normalized spacial score (nSPS) is 15.4. The fraction of sp³-hybridized carbons (Fsp3) is 0.857. The minimum absolute atomic E-state index is 1.44. The number of hydrogen-bond donors (Lipinski definition) is 0. The summed E-state index contributed by atoms with van der Waals surface area (Å²) in [6.45, 7) is 0. The Morgan fingerprint density at radius 2 is 0.840 bits per heavy atom. The molecule has 0 radical (unpaired) electrons. The maximum absolute atomic E-state index is 12.7. The first kappa shape index (κ1) is 23.9. The van der Waals surface area contributed by atoms with E-state index in [1.807, 2.05) is 4.74 Å². The number of alkyl halides is 13. The van der Waals surface area contributed by atoms with Gasteiger partial charge in [0.2, 0.25) is 0 Å². The molecule has 0 bridgehead atoms. The average molecular weight is 430 g/mol. The van der Waals surface area contributed by atoms with Crippen molar-refractivity contribution in [2.45, 2.75) is 36.9 Å². The van der Waals surface area contributed by atoms with E-state index in [1.54, 1.807) is 0 Å². The van der Waals surface area contributed by atoms with Gasteiger partial charge >= 0.3 is 42.1 Å². The lowest BCUT2D eigenvalue weighted by Gasteiger charge is -2.32. The minimum Gasteiger partial charge on any atom is -0.271 e. The fourth-order valence-corrected chi connectivity index (χ4v) is 0.784. The number of carbonyl (C=O) groups is 1. The number of hydrogen-bond acceptors (Lipinski definition) is 4. The van der Waals surface area contributed by atoms with Crippen molar-refractivity contribution < 1.29 is 76.1 Å². The molecule has 0 rings (SSSR count). The summed E-state index contributed by atoms with van der Waals surface area (Å²) in [5.41, 5.74) is 0. The van der Waals surface area contributed by atoms with Crippen LogP contribution in [0.3, 0.4) is 0 Å². The average Bonchev–Trinajstić information content (AvgIpc) is 2.21. The Morgan fingerprint density at radius 3 is 1.12 bits per heavy atom. The number of halogens is 14. The molecule has 4 nitrogen and oxygen atoms in total. The first-order valence-corrected chi connectivity index (χ1v) is 5.20. The van der Waals surface area contributed by atoms with E-state index in [4.69, 9.17) is 0 Å². The molecule has 0 N–H and O–H groups in total. The summed E-state index contributed by atoms with van der Waals surface area (Å²) in [6.07, 6.45) is -40.7. The lowest BCUT2D eigenvalue weighted by Crippen LogP contribution is -2.57. The number of ether oxygens (including phenoxy) is 3. The summed E-state index contributed by atoms with van der Waals surface area (Å²) in [5, 5.41) is -3.17. The zero-order valence-corrected chi connectivity index (χ0v) is 11.2. The molecule has 18 heteroatoms. The molecule has 0 unspecified atom stereocenters. The van der Waals surface area contributed by atoms with Crippen LogP contribution >= 0.6 is 11.6 Å². The van der Waals surface area contributed by atoms with Crippen LogP contribution in [0.2, 0.25) is 0 Å². The lowest BCUT2D eigenvalue weighted by atomic mass is 10.5. The molecule has 0 aliphatic heterocycles. The van der Waals surface area contributed by atoms with Gasteiger partial charge in [0.25, 0.3) is 0 Å². The molecule has 0 amide bonds. The van der Waals surface area contributed by atoms with Gasteiger partial charge in [-0.15, -0.1) is 13.2 Å². The zero-order valence-electron chi connectivity index (χ0n) is 10.4. The summed E-state index contributed by atoms with van der Waals surface area (Å²) in [4.78, 5) is 9.93. The molecule has 0 spiro atoms. The molecule has 0 atom stereocenters. The smallest absolute Gasteiger partial charge is 0.271 e. The van der Waals surface area contributed by atoms with Crippen LogP contribution in [0.4, 0.5) is 57.1 Å². The highest BCUT2D eigenvalue weighted by Crippen LogP contribution is 2.48.